The van der Waals surface area contributed by atoms with E-state index in [-0.39, 0.29) is 0 Å². The molecule has 15 aromatic rings. The summed E-state index contributed by atoms with van der Waals surface area (Å²) in [5, 5.41) is 12.9. The summed E-state index contributed by atoms with van der Waals surface area (Å²) in [4.78, 5) is 0. The van der Waals surface area contributed by atoms with Crippen LogP contribution in [0.4, 0.5) is 0 Å². The molecule has 0 radical (unpaired) electrons. The van der Waals surface area contributed by atoms with E-state index in [0.717, 1.165) is 22.7 Å². The summed E-state index contributed by atoms with van der Waals surface area (Å²) in [6.45, 7) is 0. The van der Waals surface area contributed by atoms with Crippen molar-refractivity contribution in [1.29, 1.82) is 0 Å². The fourth-order valence-corrected chi connectivity index (χ4v) is 17.3. The summed E-state index contributed by atoms with van der Waals surface area (Å²) in [7, 11) is -2.84. The molecule has 5 heteroatoms. The molecule has 0 atom stereocenters. The average molecular weight is 921 g/mol. The molecule has 11 aromatic carbocycles. The summed E-state index contributed by atoms with van der Waals surface area (Å²) in [5.41, 5.74) is 14.0. The highest BCUT2D eigenvalue weighted by atomic mass is 28.3. The monoisotopic (exact) mass is 920 g/mol. The van der Waals surface area contributed by atoms with Gasteiger partial charge in [0.15, 0.2) is 8.07 Å². The molecule has 15 rings (SSSR count). The molecule has 0 fully saturated rings. The Morgan fingerprint density at radius 2 is 0.479 bits per heavy atom. The zero-order valence-electron chi connectivity index (χ0n) is 38.7. The van der Waals surface area contributed by atoms with E-state index in [4.69, 9.17) is 0 Å². The van der Waals surface area contributed by atoms with Gasteiger partial charge in [-0.1, -0.05) is 194 Å². The van der Waals surface area contributed by atoms with Crippen molar-refractivity contribution in [2.45, 2.75) is 0 Å². The molecular weight excluding hydrogens is 877 g/mol. The number of fused-ring (bicyclic) bond motifs is 6. The lowest BCUT2D eigenvalue weighted by Crippen LogP contribution is -2.74. The van der Waals surface area contributed by atoms with Gasteiger partial charge in [-0.25, -0.2) is 0 Å². The Bertz CT molecular complexity index is 4300. The fraction of sp³-hybridized carbons (Fsp3) is 0. The number of rotatable bonds is 8. The van der Waals surface area contributed by atoms with E-state index in [1.165, 1.54) is 97.2 Å². The van der Waals surface area contributed by atoms with Crippen molar-refractivity contribution < 1.29 is 0 Å². The Morgan fingerprint density at radius 1 is 0.197 bits per heavy atom. The van der Waals surface area contributed by atoms with E-state index in [9.17, 15) is 0 Å². The normalized spacial score (nSPS) is 12.2. The molecule has 0 saturated carbocycles. The van der Waals surface area contributed by atoms with Gasteiger partial charge >= 0.3 is 0 Å². The molecule has 332 valence electrons. The Labute approximate surface area is 411 Å². The van der Waals surface area contributed by atoms with Gasteiger partial charge in [0.1, 0.15) is 0 Å². The van der Waals surface area contributed by atoms with Gasteiger partial charge < -0.3 is 18.3 Å². The van der Waals surface area contributed by atoms with Crippen LogP contribution in [0, 0.1) is 0 Å². The second kappa shape index (κ2) is 15.4. The largest absolute Gasteiger partial charge is 0.307 e. The first kappa shape index (κ1) is 39.8. The zero-order chi connectivity index (χ0) is 46.6. The number of benzene rings is 11. The molecule has 0 aliphatic rings. The quantitative estimate of drug-likeness (QED) is 0.107. The molecule has 71 heavy (non-hydrogen) atoms. The number of hydrogen-bond donors (Lipinski definition) is 0. The number of para-hydroxylation sites is 7. The van der Waals surface area contributed by atoms with Gasteiger partial charge in [-0.05, 0) is 93.5 Å². The highest BCUT2D eigenvalue weighted by Crippen LogP contribution is 2.45. The van der Waals surface area contributed by atoms with Gasteiger partial charge in [-0.15, -0.1) is 0 Å². The zero-order valence-corrected chi connectivity index (χ0v) is 39.7. The van der Waals surface area contributed by atoms with Crippen LogP contribution in [0.2, 0.25) is 0 Å². The molecule has 0 aliphatic carbocycles. The van der Waals surface area contributed by atoms with Crippen molar-refractivity contribution in [2.75, 3.05) is 0 Å². The summed E-state index contributed by atoms with van der Waals surface area (Å²) in [6.07, 6.45) is 0. The predicted octanol–water partition coefficient (Wildman–Crippen LogP) is 13.7. The van der Waals surface area contributed by atoms with Gasteiger partial charge in [0, 0.05) is 32.3 Å². The molecule has 0 N–H and O–H groups in total. The van der Waals surface area contributed by atoms with Crippen LogP contribution < -0.4 is 20.7 Å². The van der Waals surface area contributed by atoms with Crippen LogP contribution in [0.15, 0.2) is 267 Å². The Hall–Kier alpha value is -9.16. The second-order valence-corrected chi connectivity index (χ2v) is 22.6. The number of aromatic nitrogens is 4. The van der Waals surface area contributed by atoms with Gasteiger partial charge in [0.2, 0.25) is 0 Å². The highest BCUT2D eigenvalue weighted by molar-refractivity contribution is 7.20. The topological polar surface area (TPSA) is 19.7 Å². The summed E-state index contributed by atoms with van der Waals surface area (Å²) in [5.74, 6) is 0. The van der Waals surface area contributed by atoms with E-state index >= 15 is 0 Å². The third-order valence-electron chi connectivity index (χ3n) is 15.3. The molecule has 0 aliphatic heterocycles. The maximum Gasteiger partial charge on any atom is 0.179 e. The molecule has 0 bridgehead atoms. The maximum absolute atomic E-state index is 2.84. The first-order valence-corrected chi connectivity index (χ1v) is 26.5. The fourth-order valence-electron chi connectivity index (χ4n) is 12.5. The number of hydrogen-bond acceptors (Lipinski definition) is 0. The Morgan fingerprint density at radius 3 is 0.859 bits per heavy atom. The van der Waals surface area contributed by atoms with Crippen LogP contribution in [0.25, 0.3) is 99.2 Å². The average Bonchev–Trinajstić information content (AvgIpc) is 4.18. The third kappa shape index (κ3) is 5.55. The van der Waals surface area contributed by atoms with Gasteiger partial charge in [-0.3, -0.25) is 0 Å². The smallest absolute Gasteiger partial charge is 0.179 e. The van der Waals surface area contributed by atoms with Crippen LogP contribution in [0.5, 0.6) is 0 Å². The third-order valence-corrected chi connectivity index (χ3v) is 20.1. The molecule has 0 spiro atoms. The lowest BCUT2D eigenvalue weighted by Gasteiger charge is -2.34. The molecule has 0 saturated heterocycles. The van der Waals surface area contributed by atoms with Crippen molar-refractivity contribution >= 4 is 105 Å². The van der Waals surface area contributed by atoms with Crippen molar-refractivity contribution in [3.63, 3.8) is 0 Å². The second-order valence-electron chi connectivity index (χ2n) is 18.8. The lowest BCUT2D eigenvalue weighted by molar-refractivity contribution is 1.08. The SMILES string of the molecule is c1ccc([Si](c2ccccc2)(c2ccccc2)c2ccc3c4ccccc4n(-c4ccccc4-n4c5cccc6c5c5c(cccc54)n6-c4ccccc4-n4c5ccccc5c5ccccc54)c3c2)cc1. The van der Waals surface area contributed by atoms with Crippen LogP contribution in [0.3, 0.4) is 0 Å². The number of nitrogens with zero attached hydrogens (tertiary/aromatic N) is 4. The van der Waals surface area contributed by atoms with Crippen molar-refractivity contribution in [3.8, 4) is 22.7 Å². The minimum absolute atomic E-state index is 1.13. The Kier molecular flexibility index (Phi) is 8.64. The molecule has 4 nitrogen and oxygen atoms in total. The van der Waals surface area contributed by atoms with E-state index in [1.54, 1.807) is 0 Å². The predicted molar refractivity (Wildman–Crippen MR) is 301 cm³/mol. The Balaban J connectivity index is 0.983. The van der Waals surface area contributed by atoms with E-state index in [0.29, 0.717) is 0 Å². The molecule has 0 unspecified atom stereocenters. The lowest BCUT2D eigenvalue weighted by atomic mass is 10.1. The van der Waals surface area contributed by atoms with Gasteiger partial charge in [0.05, 0.1) is 66.9 Å². The molecule has 4 aromatic heterocycles. The van der Waals surface area contributed by atoms with E-state index < -0.39 is 8.07 Å². The summed E-state index contributed by atoms with van der Waals surface area (Å²) in [6, 6.07) is 99.2. The van der Waals surface area contributed by atoms with Crippen LogP contribution in [-0.2, 0) is 0 Å². The van der Waals surface area contributed by atoms with Crippen LogP contribution >= 0.6 is 0 Å². The van der Waals surface area contributed by atoms with Gasteiger partial charge in [-0.2, -0.15) is 0 Å². The molecule has 0 amide bonds. The summed E-state index contributed by atoms with van der Waals surface area (Å²) >= 11 is 0. The van der Waals surface area contributed by atoms with Crippen LogP contribution in [0.1, 0.15) is 0 Å². The van der Waals surface area contributed by atoms with E-state index in [1.807, 2.05) is 0 Å². The summed E-state index contributed by atoms with van der Waals surface area (Å²) < 4.78 is 10.00. The van der Waals surface area contributed by atoms with Crippen molar-refractivity contribution in [3.05, 3.63) is 267 Å². The molecular formula is C66H44N4Si. The van der Waals surface area contributed by atoms with E-state index in [2.05, 4.69) is 285 Å². The van der Waals surface area contributed by atoms with Crippen molar-refractivity contribution in [1.82, 2.24) is 18.3 Å². The standard InChI is InChI=1S/C66H44N4Si/c1-4-22-45(23-5-1)71(46-24-6-2-7-25-46,47-26-8-3-9-27-47)48-42-43-52-51-30-12-15-33-55(51)68(64(52)44-48)57-35-17-19-37-59(57)70-62-40-20-38-60-65(62)66-61(39-21-41-63(66)70)69(60)58-36-18-16-34-56(58)67-53-31-13-10-28-49(53)50-29-11-14-32-54(50)67/h1-44H. The minimum Gasteiger partial charge on any atom is -0.307 e. The van der Waals surface area contributed by atoms with Gasteiger partial charge in [0.25, 0.3) is 0 Å². The van der Waals surface area contributed by atoms with Crippen LogP contribution in [-0.4, -0.2) is 26.3 Å². The first-order chi connectivity index (χ1) is 35.3. The minimum atomic E-state index is -2.84. The van der Waals surface area contributed by atoms with Crippen molar-refractivity contribution in [2.24, 2.45) is 0 Å². The first-order valence-electron chi connectivity index (χ1n) is 24.5. The highest BCUT2D eigenvalue weighted by Gasteiger charge is 2.42. The molecule has 4 heterocycles. The maximum atomic E-state index is 2.54.